The fourth-order valence-electron chi connectivity index (χ4n) is 4.50. The number of anilines is 2. The molecule has 2 aromatic rings. The molecule has 4 rings (SSSR count). The maximum absolute atomic E-state index is 13.5. The van der Waals surface area contributed by atoms with Crippen LogP contribution in [0.25, 0.3) is 0 Å². The van der Waals surface area contributed by atoms with Crippen LogP contribution in [0.5, 0.6) is 0 Å². The number of halogens is 3. The molecule has 1 saturated carbocycles. The summed E-state index contributed by atoms with van der Waals surface area (Å²) in [6.07, 6.45) is -1.57. The number of urea groups is 1. The van der Waals surface area contributed by atoms with Crippen LogP contribution in [0.4, 0.5) is 29.3 Å². The molecular weight excluding hydrogens is 409 g/mol. The minimum absolute atomic E-state index is 0.115. The average molecular weight is 428 g/mol. The van der Waals surface area contributed by atoms with Crippen molar-refractivity contribution in [1.29, 1.82) is 5.26 Å². The molecule has 1 heterocycles. The third kappa shape index (κ3) is 3.58. The molecule has 0 radical (unpaired) electrons. The second-order valence-corrected chi connectivity index (χ2v) is 7.69. The van der Waals surface area contributed by atoms with Gasteiger partial charge in [-0.3, -0.25) is 14.6 Å². The predicted octanol–water partition coefficient (Wildman–Crippen LogP) is 4.43. The molecule has 0 aromatic heterocycles. The first kappa shape index (κ1) is 20.7. The summed E-state index contributed by atoms with van der Waals surface area (Å²) in [5.74, 6) is -0.589. The Hall–Kier alpha value is -3.54. The number of fused-ring (bicyclic) bond motifs is 1. The number of rotatable bonds is 3. The summed E-state index contributed by atoms with van der Waals surface area (Å²) in [4.78, 5) is 27.8. The van der Waals surface area contributed by atoms with E-state index in [9.17, 15) is 22.8 Å². The Labute approximate surface area is 176 Å². The number of benzene rings is 2. The average Bonchev–Trinajstić information content (AvgIpc) is 3.04. The lowest BCUT2D eigenvalue weighted by Crippen LogP contribution is -2.40. The molecule has 31 heavy (non-hydrogen) atoms. The largest absolute Gasteiger partial charge is 0.417 e. The van der Waals surface area contributed by atoms with E-state index in [4.69, 9.17) is 11.0 Å². The van der Waals surface area contributed by atoms with Crippen molar-refractivity contribution in [3.63, 3.8) is 0 Å². The highest BCUT2D eigenvalue weighted by Gasteiger charge is 2.48. The van der Waals surface area contributed by atoms with Crippen molar-refractivity contribution in [3.8, 4) is 6.07 Å². The third-order valence-corrected chi connectivity index (χ3v) is 5.91. The Morgan fingerprint density at radius 3 is 2.06 bits per heavy atom. The molecule has 0 bridgehead atoms. The quantitative estimate of drug-likeness (QED) is 0.784. The highest BCUT2D eigenvalue weighted by molar-refractivity contribution is 6.08. The van der Waals surface area contributed by atoms with E-state index in [1.807, 2.05) is 0 Å². The molecule has 3 amide bonds. The van der Waals surface area contributed by atoms with Gasteiger partial charge in [-0.2, -0.15) is 18.4 Å². The Bertz CT molecular complexity index is 1080. The Kier molecular flexibility index (Phi) is 5.09. The molecular formula is C22H19F3N4O2. The van der Waals surface area contributed by atoms with Crippen LogP contribution in [0.15, 0.2) is 42.5 Å². The first-order valence-electron chi connectivity index (χ1n) is 9.86. The lowest BCUT2D eigenvalue weighted by Gasteiger charge is -2.32. The number of amides is 3. The summed E-state index contributed by atoms with van der Waals surface area (Å²) >= 11 is 0. The zero-order valence-corrected chi connectivity index (χ0v) is 16.4. The van der Waals surface area contributed by atoms with Crippen molar-refractivity contribution in [2.45, 2.75) is 43.9 Å². The fourth-order valence-corrected chi connectivity index (χ4v) is 4.50. The number of carbonyl (C=O) groups is 2. The molecule has 6 nitrogen and oxygen atoms in total. The van der Waals surface area contributed by atoms with E-state index < -0.39 is 29.2 Å². The van der Waals surface area contributed by atoms with Crippen molar-refractivity contribution in [3.05, 3.63) is 59.2 Å². The smallest absolute Gasteiger partial charge is 0.366 e. The Balaban J connectivity index is 1.76. The Morgan fingerprint density at radius 1 is 1.00 bits per heavy atom. The Morgan fingerprint density at radius 2 is 1.55 bits per heavy atom. The topological polar surface area (TPSA) is 90.4 Å². The maximum atomic E-state index is 13.5. The summed E-state index contributed by atoms with van der Waals surface area (Å²) < 4.78 is 40.4. The van der Waals surface area contributed by atoms with Crippen molar-refractivity contribution < 1.29 is 22.8 Å². The number of alkyl halides is 3. The third-order valence-electron chi connectivity index (χ3n) is 5.91. The molecule has 0 spiro atoms. The second kappa shape index (κ2) is 7.61. The molecule has 2 N–H and O–H groups in total. The van der Waals surface area contributed by atoms with Gasteiger partial charge in [0, 0.05) is 16.9 Å². The van der Waals surface area contributed by atoms with E-state index in [-0.39, 0.29) is 17.8 Å². The van der Waals surface area contributed by atoms with E-state index >= 15 is 0 Å². The molecule has 1 aliphatic heterocycles. The van der Waals surface area contributed by atoms with Gasteiger partial charge >= 0.3 is 12.2 Å². The molecule has 160 valence electrons. The van der Waals surface area contributed by atoms with E-state index in [2.05, 4.69) is 0 Å². The van der Waals surface area contributed by atoms with Crippen LogP contribution in [0.2, 0.25) is 0 Å². The SMILES string of the molecule is N#Cc1ccc(N2C(=O)N(c3ccc(C(N)=O)cc3)C3CCCCC32)cc1C(F)(F)F. The van der Waals surface area contributed by atoms with Crippen molar-refractivity contribution in [2.75, 3.05) is 9.80 Å². The standard InChI is InChI=1S/C22H19F3N4O2/c23-22(24,25)17-11-16(10-7-14(17)12-26)29-19-4-2-1-3-18(19)28(21(29)31)15-8-5-13(6-9-15)20(27)30/h5-11,18-19H,1-4H2,(H2,27,30). The lowest BCUT2D eigenvalue weighted by atomic mass is 9.89. The van der Waals surface area contributed by atoms with Crippen molar-refractivity contribution >= 4 is 23.3 Å². The molecule has 2 aromatic carbocycles. The number of nitrogens with zero attached hydrogens (tertiary/aromatic N) is 3. The summed E-state index contributed by atoms with van der Waals surface area (Å²) in [6.45, 7) is 0. The minimum Gasteiger partial charge on any atom is -0.366 e. The summed E-state index contributed by atoms with van der Waals surface area (Å²) in [6, 6.07) is 10.3. The maximum Gasteiger partial charge on any atom is 0.417 e. The van der Waals surface area contributed by atoms with E-state index in [0.717, 1.165) is 25.0 Å². The van der Waals surface area contributed by atoms with Gasteiger partial charge in [-0.15, -0.1) is 0 Å². The van der Waals surface area contributed by atoms with Crippen LogP contribution in [0, 0.1) is 11.3 Å². The van der Waals surface area contributed by atoms with Gasteiger partial charge in [-0.25, -0.2) is 4.79 Å². The van der Waals surface area contributed by atoms with Gasteiger partial charge in [0.1, 0.15) is 0 Å². The molecule has 2 atom stereocenters. The molecule has 9 heteroatoms. The van der Waals surface area contributed by atoms with Crippen LogP contribution in [-0.4, -0.2) is 24.0 Å². The van der Waals surface area contributed by atoms with Crippen LogP contribution in [0.3, 0.4) is 0 Å². The number of nitrogens with two attached hydrogens (primary N) is 1. The minimum atomic E-state index is -4.71. The second-order valence-electron chi connectivity index (χ2n) is 7.69. The molecule has 2 fully saturated rings. The molecule has 1 aliphatic carbocycles. The number of carbonyl (C=O) groups excluding carboxylic acids is 2. The first-order chi connectivity index (χ1) is 14.7. The van der Waals surface area contributed by atoms with Gasteiger partial charge in [0.05, 0.1) is 29.3 Å². The number of primary amides is 1. The number of hydrogen-bond donors (Lipinski definition) is 1. The van der Waals surface area contributed by atoms with Crippen LogP contribution in [0.1, 0.15) is 47.2 Å². The number of nitriles is 1. The number of hydrogen-bond acceptors (Lipinski definition) is 3. The van der Waals surface area contributed by atoms with Gasteiger partial charge in [0.25, 0.3) is 0 Å². The fraction of sp³-hybridized carbons (Fsp3) is 0.318. The van der Waals surface area contributed by atoms with Crippen LogP contribution in [-0.2, 0) is 6.18 Å². The first-order valence-corrected chi connectivity index (χ1v) is 9.86. The summed E-state index contributed by atoms with van der Waals surface area (Å²) in [5, 5.41) is 9.06. The van der Waals surface area contributed by atoms with Crippen molar-refractivity contribution in [2.24, 2.45) is 5.73 Å². The highest BCUT2D eigenvalue weighted by Crippen LogP contribution is 2.42. The molecule has 1 saturated heterocycles. The van der Waals surface area contributed by atoms with Crippen LogP contribution < -0.4 is 15.5 Å². The zero-order valence-electron chi connectivity index (χ0n) is 16.4. The van der Waals surface area contributed by atoms with Gasteiger partial charge in [-0.05, 0) is 55.3 Å². The summed E-state index contributed by atoms with van der Waals surface area (Å²) in [7, 11) is 0. The van der Waals surface area contributed by atoms with E-state index in [0.29, 0.717) is 24.1 Å². The highest BCUT2D eigenvalue weighted by atomic mass is 19.4. The molecule has 2 aliphatic rings. The summed E-state index contributed by atoms with van der Waals surface area (Å²) in [5.41, 5.74) is 4.71. The lowest BCUT2D eigenvalue weighted by molar-refractivity contribution is -0.137. The van der Waals surface area contributed by atoms with Crippen LogP contribution >= 0.6 is 0 Å². The van der Waals surface area contributed by atoms with Gasteiger partial charge in [0.2, 0.25) is 5.91 Å². The van der Waals surface area contributed by atoms with Crippen molar-refractivity contribution in [1.82, 2.24) is 0 Å². The predicted molar refractivity (Wildman–Crippen MR) is 108 cm³/mol. The normalized spacial score (nSPS) is 21.0. The van der Waals surface area contributed by atoms with E-state index in [1.54, 1.807) is 23.1 Å². The zero-order chi connectivity index (χ0) is 22.3. The van der Waals surface area contributed by atoms with Gasteiger partial charge in [-0.1, -0.05) is 12.8 Å². The van der Waals surface area contributed by atoms with E-state index in [1.165, 1.54) is 23.1 Å². The van der Waals surface area contributed by atoms with Gasteiger partial charge in [0.15, 0.2) is 0 Å². The monoisotopic (exact) mass is 428 g/mol. The molecule has 2 unspecified atom stereocenters. The van der Waals surface area contributed by atoms with Gasteiger partial charge < -0.3 is 5.73 Å².